The normalized spacial score (nSPS) is 25.3. The number of benzene rings is 1. The Morgan fingerprint density at radius 2 is 1.88 bits per heavy atom. The van der Waals surface area contributed by atoms with Gasteiger partial charge in [0.2, 0.25) is 0 Å². The van der Waals surface area contributed by atoms with Crippen LogP contribution in [0.4, 0.5) is 0 Å². The minimum atomic E-state index is -3.12. The van der Waals surface area contributed by atoms with Crippen LogP contribution < -0.4 is 0 Å². The summed E-state index contributed by atoms with van der Waals surface area (Å²) in [6.07, 6.45) is 2.68. The van der Waals surface area contributed by atoms with Crippen LogP contribution in [0.15, 0.2) is 36.5 Å². The largest absolute Gasteiger partial charge is 0.330 e. The standard InChI is InChI=1S/C19H23N3O3S/c1-2-7-21-8-9-22(18-13-26(24,25)12-17(18)21)19(23)16-10-14-5-3-4-6-15(14)11-20-16/h3-6,10-11,17-18H,2,7-9,12-13H2,1H3/t17-,18+/m0/s1. The van der Waals surface area contributed by atoms with Crippen molar-refractivity contribution < 1.29 is 13.2 Å². The number of aromatic nitrogens is 1. The fraction of sp³-hybridized carbons (Fsp3) is 0.474. The van der Waals surface area contributed by atoms with E-state index < -0.39 is 9.84 Å². The predicted octanol–water partition coefficient (Wildman–Crippen LogP) is 1.57. The highest BCUT2D eigenvalue weighted by Crippen LogP contribution is 2.28. The average Bonchev–Trinajstić information content (AvgIpc) is 2.96. The first kappa shape index (κ1) is 17.4. The van der Waals surface area contributed by atoms with Crippen molar-refractivity contribution in [1.82, 2.24) is 14.8 Å². The Morgan fingerprint density at radius 3 is 2.65 bits per heavy atom. The van der Waals surface area contributed by atoms with Crippen LogP contribution in [-0.4, -0.2) is 72.3 Å². The lowest BCUT2D eigenvalue weighted by molar-refractivity contribution is 0.0328. The molecule has 2 aromatic rings. The minimum Gasteiger partial charge on any atom is -0.330 e. The molecule has 4 rings (SSSR count). The summed E-state index contributed by atoms with van der Waals surface area (Å²) in [4.78, 5) is 21.4. The van der Waals surface area contributed by atoms with E-state index in [-0.39, 0.29) is 29.5 Å². The van der Waals surface area contributed by atoms with Gasteiger partial charge in [-0.3, -0.25) is 14.7 Å². The number of sulfone groups is 1. The van der Waals surface area contributed by atoms with Gasteiger partial charge in [-0.2, -0.15) is 0 Å². The molecule has 2 aliphatic heterocycles. The Balaban J connectivity index is 1.64. The molecule has 1 aromatic carbocycles. The maximum absolute atomic E-state index is 13.1. The number of hydrogen-bond donors (Lipinski definition) is 0. The van der Waals surface area contributed by atoms with Crippen LogP contribution in [0, 0.1) is 0 Å². The third kappa shape index (κ3) is 3.10. The van der Waals surface area contributed by atoms with E-state index in [4.69, 9.17) is 0 Å². The Morgan fingerprint density at radius 1 is 1.15 bits per heavy atom. The number of amides is 1. The highest BCUT2D eigenvalue weighted by Gasteiger charge is 2.47. The smallest absolute Gasteiger partial charge is 0.272 e. The summed E-state index contributed by atoms with van der Waals surface area (Å²) in [5.41, 5.74) is 0.385. The van der Waals surface area contributed by atoms with Gasteiger partial charge in [0.15, 0.2) is 9.84 Å². The van der Waals surface area contributed by atoms with E-state index in [1.54, 1.807) is 17.2 Å². The number of pyridine rings is 1. The molecule has 2 saturated heterocycles. The van der Waals surface area contributed by atoms with E-state index in [0.29, 0.717) is 18.8 Å². The van der Waals surface area contributed by atoms with Gasteiger partial charge in [-0.1, -0.05) is 31.2 Å². The molecule has 1 amide bonds. The summed E-state index contributed by atoms with van der Waals surface area (Å²) >= 11 is 0. The summed E-state index contributed by atoms with van der Waals surface area (Å²) in [7, 11) is -3.12. The topological polar surface area (TPSA) is 70.6 Å². The lowest BCUT2D eigenvalue weighted by Gasteiger charge is -2.43. The monoisotopic (exact) mass is 373 g/mol. The lowest BCUT2D eigenvalue weighted by Crippen LogP contribution is -2.60. The molecule has 6 nitrogen and oxygen atoms in total. The molecule has 0 N–H and O–H groups in total. The fourth-order valence-electron chi connectivity index (χ4n) is 4.19. The van der Waals surface area contributed by atoms with E-state index >= 15 is 0 Å². The van der Waals surface area contributed by atoms with E-state index in [0.717, 1.165) is 23.7 Å². The van der Waals surface area contributed by atoms with Crippen molar-refractivity contribution in [2.45, 2.75) is 25.4 Å². The van der Waals surface area contributed by atoms with E-state index in [2.05, 4.69) is 16.8 Å². The molecule has 138 valence electrons. The second-order valence-corrected chi connectivity index (χ2v) is 9.32. The van der Waals surface area contributed by atoms with Crippen molar-refractivity contribution in [3.63, 3.8) is 0 Å². The van der Waals surface area contributed by atoms with Crippen LogP contribution in [0.2, 0.25) is 0 Å². The summed E-state index contributed by atoms with van der Waals surface area (Å²) in [5.74, 6) is 0.0306. The molecule has 0 aliphatic carbocycles. The highest BCUT2D eigenvalue weighted by atomic mass is 32.2. The molecule has 3 heterocycles. The zero-order valence-electron chi connectivity index (χ0n) is 14.8. The molecule has 0 spiro atoms. The molecule has 1 aromatic heterocycles. The third-order valence-corrected chi connectivity index (χ3v) is 7.11. The van der Waals surface area contributed by atoms with Crippen LogP contribution >= 0.6 is 0 Å². The van der Waals surface area contributed by atoms with E-state index in [1.165, 1.54) is 0 Å². The average molecular weight is 373 g/mol. The third-order valence-electron chi connectivity index (χ3n) is 5.41. The van der Waals surface area contributed by atoms with Crippen LogP contribution in [0.25, 0.3) is 10.8 Å². The number of carbonyl (C=O) groups is 1. The second kappa shape index (κ2) is 6.63. The summed E-state index contributed by atoms with van der Waals surface area (Å²) in [6, 6.07) is 9.20. The Labute approximate surface area is 153 Å². The zero-order valence-corrected chi connectivity index (χ0v) is 15.7. The second-order valence-electron chi connectivity index (χ2n) is 7.16. The summed E-state index contributed by atoms with van der Waals surface area (Å²) < 4.78 is 24.5. The number of rotatable bonds is 3. The molecule has 7 heteroatoms. The number of hydrogen-bond acceptors (Lipinski definition) is 5. The van der Waals surface area contributed by atoms with Crippen molar-refractivity contribution in [2.75, 3.05) is 31.1 Å². The molecular formula is C19H23N3O3S. The summed E-state index contributed by atoms with van der Waals surface area (Å²) in [6.45, 7) is 4.22. The molecule has 0 radical (unpaired) electrons. The first-order valence-electron chi connectivity index (χ1n) is 9.09. The van der Waals surface area contributed by atoms with Gasteiger partial charge in [0, 0.05) is 30.7 Å². The predicted molar refractivity (Wildman–Crippen MR) is 101 cm³/mol. The van der Waals surface area contributed by atoms with Gasteiger partial charge >= 0.3 is 0 Å². The molecule has 26 heavy (non-hydrogen) atoms. The first-order chi connectivity index (χ1) is 12.5. The van der Waals surface area contributed by atoms with Gasteiger partial charge in [-0.05, 0) is 24.4 Å². The molecule has 2 aliphatic rings. The van der Waals surface area contributed by atoms with Crippen LogP contribution in [0.1, 0.15) is 23.8 Å². The van der Waals surface area contributed by atoms with Crippen molar-refractivity contribution >= 4 is 26.5 Å². The maximum atomic E-state index is 13.1. The van der Waals surface area contributed by atoms with Gasteiger partial charge in [-0.25, -0.2) is 8.42 Å². The Hall–Kier alpha value is -1.99. The van der Waals surface area contributed by atoms with Crippen LogP contribution in [0.5, 0.6) is 0 Å². The quantitative estimate of drug-likeness (QED) is 0.817. The molecular weight excluding hydrogens is 350 g/mol. The van der Waals surface area contributed by atoms with E-state index in [9.17, 15) is 13.2 Å². The SMILES string of the molecule is CCCN1CCN(C(=O)c2cc3ccccc3cn2)[C@@H]2CS(=O)(=O)C[C@@H]21. The Kier molecular flexibility index (Phi) is 4.44. The van der Waals surface area contributed by atoms with Crippen LogP contribution in [0.3, 0.4) is 0 Å². The first-order valence-corrected chi connectivity index (χ1v) is 10.9. The fourth-order valence-corrected chi connectivity index (χ4v) is 6.20. The van der Waals surface area contributed by atoms with Crippen molar-refractivity contribution in [1.29, 1.82) is 0 Å². The van der Waals surface area contributed by atoms with Crippen molar-refractivity contribution in [2.24, 2.45) is 0 Å². The van der Waals surface area contributed by atoms with Gasteiger partial charge in [-0.15, -0.1) is 0 Å². The minimum absolute atomic E-state index is 0.0528. The number of piperazine rings is 1. The van der Waals surface area contributed by atoms with Crippen molar-refractivity contribution in [3.8, 4) is 0 Å². The molecule has 2 fully saturated rings. The van der Waals surface area contributed by atoms with Gasteiger partial charge in [0.05, 0.1) is 17.5 Å². The van der Waals surface area contributed by atoms with Gasteiger partial charge < -0.3 is 4.90 Å². The maximum Gasteiger partial charge on any atom is 0.272 e. The van der Waals surface area contributed by atoms with Crippen molar-refractivity contribution in [3.05, 3.63) is 42.2 Å². The number of carbonyl (C=O) groups excluding carboxylic acids is 1. The molecule has 2 atom stereocenters. The van der Waals surface area contributed by atoms with E-state index in [1.807, 2.05) is 24.3 Å². The molecule has 0 bridgehead atoms. The molecule has 0 saturated carbocycles. The number of nitrogens with zero attached hydrogens (tertiary/aromatic N) is 3. The zero-order chi connectivity index (χ0) is 18.3. The van der Waals surface area contributed by atoms with Gasteiger partial charge in [0.25, 0.3) is 5.91 Å². The summed E-state index contributed by atoms with van der Waals surface area (Å²) in [5, 5.41) is 1.95. The Bertz CT molecular complexity index is 944. The molecule has 0 unspecified atom stereocenters. The van der Waals surface area contributed by atoms with Gasteiger partial charge in [0.1, 0.15) is 5.69 Å². The van der Waals surface area contributed by atoms with Crippen LogP contribution in [-0.2, 0) is 9.84 Å². The number of fused-ring (bicyclic) bond motifs is 2. The highest BCUT2D eigenvalue weighted by molar-refractivity contribution is 7.91. The lowest BCUT2D eigenvalue weighted by atomic mass is 10.0.